The molecule has 2 rings (SSSR count). The first-order valence-corrected chi connectivity index (χ1v) is 6.06. The van der Waals surface area contributed by atoms with Crippen molar-refractivity contribution in [2.45, 2.75) is 6.54 Å². The Hall–Kier alpha value is -2.02. The number of nitro groups is 1. The van der Waals surface area contributed by atoms with Gasteiger partial charge in [-0.1, -0.05) is 6.07 Å². The molecule has 0 aliphatic heterocycles. The molecule has 0 radical (unpaired) electrons. The van der Waals surface area contributed by atoms with E-state index in [4.69, 9.17) is 0 Å². The second-order valence-corrected chi connectivity index (χ2v) is 4.72. The number of pyridine rings is 1. The first kappa shape index (κ1) is 13.4. The van der Waals surface area contributed by atoms with Gasteiger partial charge in [0.2, 0.25) is 0 Å². The summed E-state index contributed by atoms with van der Waals surface area (Å²) < 4.78 is 15.5. The monoisotopic (exact) mass is 326 g/mol. The molecule has 0 bridgehead atoms. The van der Waals surface area contributed by atoms with Gasteiger partial charge in [0.1, 0.15) is 5.82 Å². The fourth-order valence-electron chi connectivity index (χ4n) is 1.67. The van der Waals surface area contributed by atoms with Crippen LogP contribution in [0.3, 0.4) is 0 Å². The Bertz CT molecular complexity index is 700. The molecule has 1 aromatic heterocycles. The average molecular weight is 327 g/mol. The molecule has 5 nitrogen and oxygen atoms in total. The number of nitrogens with zero attached hydrogens (tertiary/aromatic N) is 2. The third-order valence-electron chi connectivity index (χ3n) is 2.57. The molecule has 0 unspecified atom stereocenters. The minimum atomic E-state index is -0.707. The third-order valence-corrected chi connectivity index (χ3v) is 3.04. The molecule has 0 amide bonds. The molecule has 0 saturated heterocycles. The fourth-order valence-corrected chi connectivity index (χ4v) is 2.05. The van der Waals surface area contributed by atoms with Crippen LogP contribution in [0.15, 0.2) is 45.8 Å². The van der Waals surface area contributed by atoms with Crippen molar-refractivity contribution in [3.05, 3.63) is 72.9 Å². The van der Waals surface area contributed by atoms with Gasteiger partial charge in [-0.15, -0.1) is 0 Å². The molecule has 2 aromatic rings. The molecule has 0 spiro atoms. The molecular formula is C12H8BrFN2O3. The van der Waals surface area contributed by atoms with Crippen molar-refractivity contribution in [1.82, 2.24) is 4.57 Å². The van der Waals surface area contributed by atoms with Crippen molar-refractivity contribution in [2.24, 2.45) is 0 Å². The van der Waals surface area contributed by atoms with Gasteiger partial charge in [0.15, 0.2) is 0 Å². The van der Waals surface area contributed by atoms with Crippen LogP contribution in [0.1, 0.15) is 5.56 Å². The molecule has 0 aliphatic carbocycles. The molecule has 1 heterocycles. The highest BCUT2D eigenvalue weighted by atomic mass is 79.9. The first-order valence-electron chi connectivity index (χ1n) is 5.27. The molecule has 98 valence electrons. The van der Waals surface area contributed by atoms with Gasteiger partial charge in [-0.2, -0.15) is 0 Å². The maximum absolute atomic E-state index is 13.7. The van der Waals surface area contributed by atoms with Gasteiger partial charge in [-0.05, 0) is 28.1 Å². The van der Waals surface area contributed by atoms with Crippen LogP contribution in [-0.4, -0.2) is 9.49 Å². The second-order valence-electron chi connectivity index (χ2n) is 3.81. The Morgan fingerprint density at radius 1 is 1.32 bits per heavy atom. The highest BCUT2D eigenvalue weighted by Gasteiger charge is 2.18. The molecule has 0 N–H and O–H groups in total. The van der Waals surface area contributed by atoms with Crippen molar-refractivity contribution in [1.29, 1.82) is 0 Å². The lowest BCUT2D eigenvalue weighted by Gasteiger charge is -2.07. The molecule has 0 fully saturated rings. The highest BCUT2D eigenvalue weighted by molar-refractivity contribution is 9.10. The third kappa shape index (κ3) is 2.87. The van der Waals surface area contributed by atoms with E-state index in [0.29, 0.717) is 4.47 Å². The summed E-state index contributed by atoms with van der Waals surface area (Å²) in [7, 11) is 0. The molecule has 0 atom stereocenters. The van der Waals surface area contributed by atoms with Gasteiger partial charge in [-0.25, -0.2) is 4.39 Å². The number of aromatic nitrogens is 1. The summed E-state index contributed by atoms with van der Waals surface area (Å²) in [5.74, 6) is -0.707. The van der Waals surface area contributed by atoms with Gasteiger partial charge in [0.25, 0.3) is 11.2 Å². The number of halogens is 2. The first-order chi connectivity index (χ1) is 8.99. The van der Waals surface area contributed by atoms with Crippen molar-refractivity contribution in [3.63, 3.8) is 0 Å². The van der Waals surface area contributed by atoms with E-state index in [-0.39, 0.29) is 23.4 Å². The van der Waals surface area contributed by atoms with E-state index in [1.54, 1.807) is 6.07 Å². The zero-order valence-corrected chi connectivity index (χ0v) is 11.1. The lowest BCUT2D eigenvalue weighted by molar-refractivity contribution is -0.385. The topological polar surface area (TPSA) is 65.1 Å². The van der Waals surface area contributed by atoms with Crippen LogP contribution >= 0.6 is 15.9 Å². The SMILES string of the molecule is O=c1ccc(Br)cn1Cc1c(F)cccc1[N+](=O)[O-]. The summed E-state index contributed by atoms with van der Waals surface area (Å²) in [6, 6.07) is 6.46. The van der Waals surface area contributed by atoms with E-state index in [1.807, 2.05) is 0 Å². The molecule has 7 heteroatoms. The van der Waals surface area contributed by atoms with E-state index >= 15 is 0 Å². The largest absolute Gasteiger partial charge is 0.310 e. The van der Waals surface area contributed by atoms with Gasteiger partial charge in [-0.3, -0.25) is 14.9 Å². The number of hydrogen-bond acceptors (Lipinski definition) is 3. The van der Waals surface area contributed by atoms with Gasteiger partial charge in [0, 0.05) is 22.8 Å². The minimum Gasteiger partial charge on any atom is -0.310 e. The number of nitro benzene ring substituents is 1. The Labute approximate surface area is 115 Å². The highest BCUT2D eigenvalue weighted by Crippen LogP contribution is 2.22. The van der Waals surface area contributed by atoms with Crippen molar-refractivity contribution < 1.29 is 9.31 Å². The lowest BCUT2D eigenvalue weighted by atomic mass is 10.1. The summed E-state index contributed by atoms with van der Waals surface area (Å²) in [5.41, 5.74) is -0.819. The number of benzene rings is 1. The van der Waals surface area contributed by atoms with E-state index in [1.165, 1.54) is 29.0 Å². The van der Waals surface area contributed by atoms with Crippen molar-refractivity contribution in [2.75, 3.05) is 0 Å². The molecule has 19 heavy (non-hydrogen) atoms. The van der Waals surface area contributed by atoms with Crippen LogP contribution in [0.25, 0.3) is 0 Å². The summed E-state index contributed by atoms with van der Waals surface area (Å²) >= 11 is 3.19. The van der Waals surface area contributed by atoms with Crippen LogP contribution in [0.5, 0.6) is 0 Å². The lowest BCUT2D eigenvalue weighted by Crippen LogP contribution is -2.20. The normalized spacial score (nSPS) is 10.4. The Morgan fingerprint density at radius 2 is 2.05 bits per heavy atom. The standard InChI is InChI=1S/C12H8BrFN2O3/c13-8-4-5-12(17)15(6-8)7-9-10(14)2-1-3-11(9)16(18)19/h1-6H,7H2. The fraction of sp³-hybridized carbons (Fsp3) is 0.0833. The Kier molecular flexibility index (Phi) is 3.75. The molecular weight excluding hydrogens is 319 g/mol. The molecule has 0 saturated carbocycles. The van der Waals surface area contributed by atoms with Crippen LogP contribution in [0.4, 0.5) is 10.1 Å². The maximum Gasteiger partial charge on any atom is 0.277 e. The summed E-state index contributed by atoms with van der Waals surface area (Å²) in [6.45, 7) is -0.193. The summed E-state index contributed by atoms with van der Waals surface area (Å²) in [4.78, 5) is 21.8. The van der Waals surface area contributed by atoms with Crippen molar-refractivity contribution in [3.8, 4) is 0 Å². The second kappa shape index (κ2) is 5.31. The van der Waals surface area contributed by atoms with E-state index in [9.17, 15) is 19.3 Å². The van der Waals surface area contributed by atoms with E-state index in [2.05, 4.69) is 15.9 Å². The smallest absolute Gasteiger partial charge is 0.277 e. The number of hydrogen-bond donors (Lipinski definition) is 0. The molecule has 1 aromatic carbocycles. The molecule has 0 aliphatic rings. The van der Waals surface area contributed by atoms with Gasteiger partial charge in [0.05, 0.1) is 17.0 Å². The maximum atomic E-state index is 13.7. The van der Waals surface area contributed by atoms with Crippen molar-refractivity contribution >= 4 is 21.6 Å². The Morgan fingerprint density at radius 3 is 2.74 bits per heavy atom. The number of rotatable bonds is 3. The van der Waals surface area contributed by atoms with Crippen LogP contribution in [0, 0.1) is 15.9 Å². The van der Waals surface area contributed by atoms with E-state index in [0.717, 1.165) is 6.07 Å². The van der Waals surface area contributed by atoms with Crippen LogP contribution in [-0.2, 0) is 6.54 Å². The Balaban J connectivity index is 2.52. The minimum absolute atomic E-state index is 0.118. The zero-order chi connectivity index (χ0) is 14.0. The quantitative estimate of drug-likeness (QED) is 0.643. The van der Waals surface area contributed by atoms with E-state index < -0.39 is 10.7 Å². The van der Waals surface area contributed by atoms with Gasteiger partial charge >= 0.3 is 0 Å². The summed E-state index contributed by atoms with van der Waals surface area (Å²) in [5, 5.41) is 10.9. The van der Waals surface area contributed by atoms with Crippen LogP contribution in [0.2, 0.25) is 0 Å². The predicted octanol–water partition coefficient (Wildman–Crippen LogP) is 2.71. The summed E-state index contributed by atoms with van der Waals surface area (Å²) in [6.07, 6.45) is 1.46. The zero-order valence-electron chi connectivity index (χ0n) is 9.55. The van der Waals surface area contributed by atoms with Crippen LogP contribution < -0.4 is 5.56 Å². The average Bonchev–Trinajstić information content (AvgIpc) is 2.35. The van der Waals surface area contributed by atoms with Gasteiger partial charge < -0.3 is 4.57 Å². The predicted molar refractivity (Wildman–Crippen MR) is 70.6 cm³/mol.